The maximum Gasteiger partial charge on any atom is 0.239 e. The summed E-state index contributed by atoms with van der Waals surface area (Å²) in [5.74, 6) is 2.20. The zero-order valence-electron chi connectivity index (χ0n) is 19.6. The Morgan fingerprint density at radius 1 is 1.03 bits per heavy atom. The Kier molecular flexibility index (Phi) is 9.25. The first-order valence-corrected chi connectivity index (χ1v) is 12.4. The molecule has 3 saturated heterocycles. The molecular formula is C23H44N6O. The van der Waals surface area contributed by atoms with E-state index in [1.165, 1.54) is 25.9 Å². The van der Waals surface area contributed by atoms with Crippen molar-refractivity contribution in [3.8, 4) is 0 Å². The molecule has 7 nitrogen and oxygen atoms in total. The van der Waals surface area contributed by atoms with E-state index < -0.39 is 0 Å². The summed E-state index contributed by atoms with van der Waals surface area (Å²) in [5.41, 5.74) is 0. The highest BCUT2D eigenvalue weighted by molar-refractivity contribution is 5.82. The molecule has 0 aromatic rings. The molecule has 0 aliphatic carbocycles. The fraction of sp³-hybridized carbons (Fsp3) is 0.913. The molecule has 3 fully saturated rings. The van der Waals surface area contributed by atoms with Gasteiger partial charge < -0.3 is 20.0 Å². The lowest BCUT2D eigenvalue weighted by Gasteiger charge is -2.39. The number of piperidine rings is 1. The van der Waals surface area contributed by atoms with Crippen LogP contribution >= 0.6 is 0 Å². The van der Waals surface area contributed by atoms with Crippen molar-refractivity contribution in [1.82, 2.24) is 24.9 Å². The van der Waals surface area contributed by atoms with Crippen molar-refractivity contribution in [2.45, 2.75) is 58.9 Å². The Labute approximate surface area is 183 Å². The summed E-state index contributed by atoms with van der Waals surface area (Å²) >= 11 is 0. The highest BCUT2D eigenvalue weighted by Crippen LogP contribution is 2.16. The predicted octanol–water partition coefficient (Wildman–Crippen LogP) is 1.70. The molecule has 7 heteroatoms. The van der Waals surface area contributed by atoms with Gasteiger partial charge in [0.2, 0.25) is 5.91 Å². The molecule has 3 rings (SSSR count). The molecule has 2 unspecified atom stereocenters. The predicted molar refractivity (Wildman–Crippen MR) is 124 cm³/mol. The molecule has 30 heavy (non-hydrogen) atoms. The molecule has 0 aromatic heterocycles. The van der Waals surface area contributed by atoms with Gasteiger partial charge in [-0.2, -0.15) is 0 Å². The molecule has 1 amide bonds. The molecule has 0 bridgehead atoms. The smallest absolute Gasteiger partial charge is 0.239 e. The number of nitrogens with one attached hydrogen (secondary N) is 1. The molecular weight excluding hydrogens is 376 g/mol. The summed E-state index contributed by atoms with van der Waals surface area (Å²) in [6.45, 7) is 17.6. The van der Waals surface area contributed by atoms with Crippen molar-refractivity contribution >= 4 is 11.9 Å². The average Bonchev–Trinajstić information content (AvgIpc) is 3.30. The van der Waals surface area contributed by atoms with Crippen molar-refractivity contribution in [2.75, 3.05) is 72.0 Å². The minimum atomic E-state index is -0.00305. The summed E-state index contributed by atoms with van der Waals surface area (Å²) in [6, 6.07) is -0.00305. The number of hydrogen-bond acceptors (Lipinski definition) is 4. The summed E-state index contributed by atoms with van der Waals surface area (Å²) in [7, 11) is 0. The second-order valence-electron chi connectivity index (χ2n) is 9.37. The van der Waals surface area contributed by atoms with Gasteiger partial charge in [0.15, 0.2) is 5.96 Å². The largest absolute Gasteiger partial charge is 0.357 e. The first-order chi connectivity index (χ1) is 14.6. The molecule has 3 heterocycles. The summed E-state index contributed by atoms with van der Waals surface area (Å²) in [6.07, 6.45) is 6.17. The van der Waals surface area contributed by atoms with E-state index >= 15 is 0 Å². The average molecular weight is 421 g/mol. The Hall–Kier alpha value is -1.34. The van der Waals surface area contributed by atoms with Gasteiger partial charge in [-0.15, -0.1) is 0 Å². The van der Waals surface area contributed by atoms with Crippen LogP contribution in [0.1, 0.15) is 52.9 Å². The normalized spacial score (nSPS) is 25.6. The molecule has 0 aromatic carbocycles. The van der Waals surface area contributed by atoms with Crippen LogP contribution in [-0.2, 0) is 4.79 Å². The number of nitrogens with zero attached hydrogens (tertiary/aromatic N) is 5. The zero-order chi connectivity index (χ0) is 21.3. The summed E-state index contributed by atoms with van der Waals surface area (Å²) < 4.78 is 0. The van der Waals surface area contributed by atoms with Crippen LogP contribution in [0, 0.1) is 5.92 Å². The Bertz CT molecular complexity index is 554. The van der Waals surface area contributed by atoms with Crippen molar-refractivity contribution in [3.05, 3.63) is 0 Å². The number of amides is 1. The van der Waals surface area contributed by atoms with Gasteiger partial charge in [0.05, 0.1) is 6.04 Å². The number of piperazine rings is 1. The number of aliphatic imine (C=N–C) groups is 1. The highest BCUT2D eigenvalue weighted by atomic mass is 16.2. The van der Waals surface area contributed by atoms with Crippen LogP contribution in [0.5, 0.6) is 0 Å². The molecule has 2 atom stereocenters. The van der Waals surface area contributed by atoms with Crippen molar-refractivity contribution in [2.24, 2.45) is 10.9 Å². The van der Waals surface area contributed by atoms with Crippen molar-refractivity contribution in [1.29, 1.82) is 0 Å². The van der Waals surface area contributed by atoms with Gasteiger partial charge >= 0.3 is 0 Å². The van der Waals surface area contributed by atoms with E-state index in [9.17, 15) is 4.79 Å². The van der Waals surface area contributed by atoms with Gasteiger partial charge in [0.25, 0.3) is 0 Å². The summed E-state index contributed by atoms with van der Waals surface area (Å²) in [5, 5.41) is 3.48. The minimum absolute atomic E-state index is 0.00305. The molecule has 172 valence electrons. The molecule has 3 aliphatic rings. The maximum absolute atomic E-state index is 12.7. The number of hydrogen-bond donors (Lipinski definition) is 1. The fourth-order valence-corrected chi connectivity index (χ4v) is 5.07. The van der Waals surface area contributed by atoms with Crippen LogP contribution in [0.3, 0.4) is 0 Å². The second kappa shape index (κ2) is 11.9. The van der Waals surface area contributed by atoms with Crippen LogP contribution in [0.25, 0.3) is 0 Å². The first kappa shape index (κ1) is 23.3. The lowest BCUT2D eigenvalue weighted by molar-refractivity contribution is -0.135. The fourth-order valence-electron chi connectivity index (χ4n) is 5.07. The third-order valence-electron chi connectivity index (χ3n) is 6.91. The maximum atomic E-state index is 12.7. The van der Waals surface area contributed by atoms with Gasteiger partial charge in [0, 0.05) is 58.9 Å². The highest BCUT2D eigenvalue weighted by Gasteiger charge is 2.30. The van der Waals surface area contributed by atoms with E-state index in [0.29, 0.717) is 5.91 Å². The van der Waals surface area contributed by atoms with Gasteiger partial charge in [-0.1, -0.05) is 6.92 Å². The molecule has 3 aliphatic heterocycles. The monoisotopic (exact) mass is 420 g/mol. The quantitative estimate of drug-likeness (QED) is 0.386. The number of guanidine groups is 1. The Balaban J connectivity index is 1.42. The Morgan fingerprint density at radius 2 is 1.77 bits per heavy atom. The second-order valence-corrected chi connectivity index (χ2v) is 9.37. The molecule has 0 radical (unpaired) electrons. The van der Waals surface area contributed by atoms with Crippen LogP contribution < -0.4 is 5.32 Å². The van der Waals surface area contributed by atoms with Crippen LogP contribution in [0.4, 0.5) is 0 Å². The van der Waals surface area contributed by atoms with E-state index in [4.69, 9.17) is 4.99 Å². The lowest BCUT2D eigenvalue weighted by Crippen LogP contribution is -2.57. The van der Waals surface area contributed by atoms with Gasteiger partial charge in [-0.25, -0.2) is 0 Å². The number of likely N-dealkylation sites (tertiary alicyclic amines) is 2. The van der Waals surface area contributed by atoms with E-state index in [1.807, 2.05) is 4.90 Å². The minimum Gasteiger partial charge on any atom is -0.357 e. The molecule has 1 N–H and O–H groups in total. The van der Waals surface area contributed by atoms with E-state index in [-0.39, 0.29) is 6.04 Å². The van der Waals surface area contributed by atoms with E-state index in [2.05, 4.69) is 40.8 Å². The van der Waals surface area contributed by atoms with E-state index in [1.54, 1.807) is 0 Å². The van der Waals surface area contributed by atoms with Crippen LogP contribution in [0.2, 0.25) is 0 Å². The van der Waals surface area contributed by atoms with Gasteiger partial charge in [-0.3, -0.25) is 14.7 Å². The lowest BCUT2D eigenvalue weighted by atomic mass is 10.0. The van der Waals surface area contributed by atoms with Gasteiger partial charge in [-0.05, 0) is 65.0 Å². The Morgan fingerprint density at radius 3 is 2.43 bits per heavy atom. The van der Waals surface area contributed by atoms with Crippen LogP contribution in [0.15, 0.2) is 4.99 Å². The van der Waals surface area contributed by atoms with Crippen molar-refractivity contribution < 1.29 is 4.79 Å². The van der Waals surface area contributed by atoms with Crippen molar-refractivity contribution in [3.63, 3.8) is 0 Å². The molecule has 0 spiro atoms. The SMILES string of the molecule is CCNC(=NCCCN1CCCC(C)C1)N1CCN(C(C)C(=O)N2CCCC2)CC1. The summed E-state index contributed by atoms with van der Waals surface area (Å²) in [4.78, 5) is 27.0. The van der Waals surface area contributed by atoms with Gasteiger partial charge in [0.1, 0.15) is 0 Å². The number of carbonyl (C=O) groups excluding carboxylic acids is 1. The van der Waals surface area contributed by atoms with E-state index in [0.717, 1.165) is 90.0 Å². The van der Waals surface area contributed by atoms with Crippen LogP contribution in [-0.4, -0.2) is 110 Å². The number of rotatable bonds is 7. The number of carbonyl (C=O) groups is 1. The topological polar surface area (TPSA) is 54.4 Å². The first-order valence-electron chi connectivity index (χ1n) is 12.4. The molecule has 0 saturated carbocycles. The third-order valence-corrected chi connectivity index (χ3v) is 6.91. The third kappa shape index (κ3) is 6.58. The zero-order valence-corrected chi connectivity index (χ0v) is 19.6. The standard InChI is InChI=1S/C23H44N6O/c1-4-24-23(25-10-8-12-26-11-7-9-20(2)19-26)29-17-15-27(16-18-29)21(3)22(30)28-13-5-6-14-28/h20-21H,4-19H2,1-3H3,(H,24,25).